The molecule has 10 heteroatoms. The number of hydrogen-bond donors (Lipinski definition) is 3. The van der Waals surface area contributed by atoms with Crippen molar-refractivity contribution in [2.45, 2.75) is 108 Å². The summed E-state index contributed by atoms with van der Waals surface area (Å²) in [5.74, 6) is -2.76. The van der Waals surface area contributed by atoms with Crippen LogP contribution in [0, 0.1) is 11.3 Å². The van der Waals surface area contributed by atoms with Gasteiger partial charge in [-0.3, -0.25) is 9.59 Å². The molecule has 4 rings (SSSR count). The Hall–Kier alpha value is -1.56. The van der Waals surface area contributed by atoms with E-state index in [0.717, 1.165) is 25.7 Å². The van der Waals surface area contributed by atoms with E-state index in [-0.39, 0.29) is 31.5 Å². The second-order valence-corrected chi connectivity index (χ2v) is 11.3. The molecule has 0 aromatic carbocycles. The summed E-state index contributed by atoms with van der Waals surface area (Å²) in [6, 6.07) is 0. The van der Waals surface area contributed by atoms with Crippen molar-refractivity contribution in [3.63, 3.8) is 0 Å². The maximum atomic E-state index is 13.6. The van der Waals surface area contributed by atoms with Crippen LogP contribution in [-0.2, 0) is 33.3 Å². The van der Waals surface area contributed by atoms with Crippen molar-refractivity contribution in [3.05, 3.63) is 11.3 Å². The smallest absolute Gasteiger partial charge is 0.307 e. The number of ketones is 1. The summed E-state index contributed by atoms with van der Waals surface area (Å²) < 4.78 is 30.2. The van der Waals surface area contributed by atoms with Gasteiger partial charge >= 0.3 is 5.97 Å². The molecule has 0 spiro atoms. The van der Waals surface area contributed by atoms with Gasteiger partial charge in [0.1, 0.15) is 25.3 Å². The largest absolute Gasteiger partial charge is 0.504 e. The van der Waals surface area contributed by atoms with Crippen molar-refractivity contribution >= 4 is 11.8 Å². The molecular weight excluding hydrogens is 484 g/mol. The van der Waals surface area contributed by atoms with E-state index in [2.05, 4.69) is 0 Å². The Morgan fingerprint density at radius 1 is 1.03 bits per heavy atom. The first-order chi connectivity index (χ1) is 17.5. The molecular formula is C27H42O10. The number of aliphatic hydroxyl groups excluding tert-OH is 1. The molecule has 3 N–H and O–H groups in total. The SMILES string of the molecule is CCCCOCOC1C(C)CCC2(OCOCCCC)C3(C)CC(=O)OC12C1(O)C(C)=C(O)C(=O)C31O. The van der Waals surface area contributed by atoms with Crippen molar-refractivity contribution in [2.75, 3.05) is 26.8 Å². The third kappa shape index (κ3) is 3.32. The lowest BCUT2D eigenvalue weighted by atomic mass is 9.55. The molecule has 3 aliphatic carbocycles. The first-order valence-electron chi connectivity index (χ1n) is 13.5. The van der Waals surface area contributed by atoms with Crippen LogP contribution in [0.25, 0.3) is 0 Å². The quantitative estimate of drug-likeness (QED) is 0.197. The van der Waals surface area contributed by atoms with E-state index in [4.69, 9.17) is 23.7 Å². The van der Waals surface area contributed by atoms with E-state index in [1.165, 1.54) is 6.92 Å². The van der Waals surface area contributed by atoms with Crippen LogP contribution < -0.4 is 0 Å². The van der Waals surface area contributed by atoms with Gasteiger partial charge in [0.05, 0.1) is 11.8 Å². The van der Waals surface area contributed by atoms with Gasteiger partial charge < -0.3 is 39.0 Å². The molecule has 37 heavy (non-hydrogen) atoms. The molecule has 7 unspecified atom stereocenters. The molecule has 0 aromatic rings. The van der Waals surface area contributed by atoms with Crippen LogP contribution in [0.3, 0.4) is 0 Å². The first kappa shape index (κ1) is 28.4. The lowest BCUT2D eigenvalue weighted by Crippen LogP contribution is -2.78. The lowest BCUT2D eigenvalue weighted by molar-refractivity contribution is -0.345. The Morgan fingerprint density at radius 2 is 1.65 bits per heavy atom. The molecule has 3 fully saturated rings. The molecule has 1 saturated heterocycles. The van der Waals surface area contributed by atoms with Crippen molar-refractivity contribution in [1.82, 2.24) is 0 Å². The predicted molar refractivity (Wildman–Crippen MR) is 130 cm³/mol. The first-order valence-corrected chi connectivity index (χ1v) is 13.5. The standard InChI is InChI=1S/C27H42O10/c1-6-8-12-33-15-35-22-17(3)10-11-24(36-16-34-13-9-7-2)23(5)14-19(28)37-27(22,24)25(31)18(4)20(29)21(30)26(23,25)32/h17,22,29,31-32H,6-16H2,1-5H3. The second-order valence-electron chi connectivity index (χ2n) is 11.3. The fourth-order valence-corrected chi connectivity index (χ4v) is 7.50. The predicted octanol–water partition coefficient (Wildman–Crippen LogP) is 2.69. The third-order valence-electron chi connectivity index (χ3n) is 9.44. The Kier molecular flexibility index (Phi) is 7.59. The second kappa shape index (κ2) is 9.88. The van der Waals surface area contributed by atoms with Crippen molar-refractivity contribution in [2.24, 2.45) is 11.3 Å². The Morgan fingerprint density at radius 3 is 2.27 bits per heavy atom. The van der Waals surface area contributed by atoms with Gasteiger partial charge in [-0.2, -0.15) is 0 Å². The normalized spacial score (nSPS) is 42.7. The highest BCUT2D eigenvalue weighted by Crippen LogP contribution is 2.77. The summed E-state index contributed by atoms with van der Waals surface area (Å²) in [7, 11) is 0. The van der Waals surface area contributed by atoms with E-state index in [1.54, 1.807) is 6.92 Å². The van der Waals surface area contributed by atoms with E-state index in [9.17, 15) is 24.9 Å². The number of hydrogen-bond acceptors (Lipinski definition) is 10. The highest BCUT2D eigenvalue weighted by atomic mass is 16.7. The molecule has 1 aliphatic heterocycles. The number of Topliss-reactive ketones (excluding diaryl/α,β-unsaturated/α-hetero) is 1. The van der Waals surface area contributed by atoms with E-state index in [0.29, 0.717) is 19.6 Å². The fraction of sp³-hybridized carbons (Fsp3) is 0.852. The van der Waals surface area contributed by atoms with Crippen LogP contribution >= 0.6 is 0 Å². The highest BCUT2D eigenvalue weighted by Gasteiger charge is 2.97. The molecule has 10 nitrogen and oxygen atoms in total. The minimum Gasteiger partial charge on any atom is -0.504 e. The Labute approximate surface area is 218 Å². The van der Waals surface area contributed by atoms with Gasteiger partial charge in [0.25, 0.3) is 0 Å². The molecule has 2 bridgehead atoms. The molecule has 210 valence electrons. The summed E-state index contributed by atoms with van der Waals surface area (Å²) >= 11 is 0. The fourth-order valence-electron chi connectivity index (χ4n) is 7.50. The van der Waals surface area contributed by atoms with Crippen LogP contribution in [0.1, 0.15) is 79.6 Å². The number of carbonyl (C=O) groups is 2. The number of esters is 1. The van der Waals surface area contributed by atoms with Crippen LogP contribution in [0.2, 0.25) is 0 Å². The number of rotatable bonds is 12. The van der Waals surface area contributed by atoms with Gasteiger partial charge in [-0.1, -0.05) is 40.5 Å². The zero-order valence-corrected chi connectivity index (χ0v) is 22.6. The van der Waals surface area contributed by atoms with Gasteiger partial charge in [0.2, 0.25) is 11.4 Å². The topological polar surface area (TPSA) is 141 Å². The van der Waals surface area contributed by atoms with E-state index >= 15 is 0 Å². The van der Waals surface area contributed by atoms with Gasteiger partial charge in [-0.15, -0.1) is 0 Å². The van der Waals surface area contributed by atoms with Gasteiger partial charge in [-0.25, -0.2) is 0 Å². The van der Waals surface area contributed by atoms with Gasteiger partial charge in [0.15, 0.2) is 17.0 Å². The van der Waals surface area contributed by atoms with Crippen LogP contribution in [0.5, 0.6) is 0 Å². The summed E-state index contributed by atoms with van der Waals surface area (Å²) in [6.45, 7) is 9.44. The van der Waals surface area contributed by atoms with E-state index < -0.39 is 57.9 Å². The molecule has 0 aromatic heterocycles. The van der Waals surface area contributed by atoms with Crippen molar-refractivity contribution in [1.29, 1.82) is 0 Å². The Bertz CT molecular complexity index is 949. The zero-order valence-electron chi connectivity index (χ0n) is 22.6. The molecule has 0 radical (unpaired) electrons. The number of carbonyl (C=O) groups excluding carboxylic acids is 2. The van der Waals surface area contributed by atoms with Gasteiger partial charge in [-0.05, 0) is 38.5 Å². The average Bonchev–Trinajstić information content (AvgIpc) is 3.03. The lowest BCUT2D eigenvalue weighted by Gasteiger charge is -2.61. The van der Waals surface area contributed by atoms with Crippen molar-refractivity contribution < 1.29 is 48.6 Å². The van der Waals surface area contributed by atoms with Crippen molar-refractivity contribution in [3.8, 4) is 0 Å². The third-order valence-corrected chi connectivity index (χ3v) is 9.44. The summed E-state index contributed by atoms with van der Waals surface area (Å²) in [4.78, 5) is 26.8. The summed E-state index contributed by atoms with van der Waals surface area (Å²) in [6.07, 6.45) is 2.89. The number of aliphatic hydroxyl groups is 3. The number of unbranched alkanes of at least 4 members (excludes halogenated alkanes) is 2. The minimum atomic E-state index is -2.60. The molecule has 7 atom stereocenters. The molecule has 4 aliphatic rings. The number of ether oxygens (including phenoxy) is 5. The zero-order chi connectivity index (χ0) is 27.3. The summed E-state index contributed by atoms with van der Waals surface area (Å²) in [5.41, 5.74) is -10.5. The monoisotopic (exact) mass is 526 g/mol. The number of fused-ring (bicyclic) bond motifs is 2. The van der Waals surface area contributed by atoms with Gasteiger partial charge in [0, 0.05) is 18.8 Å². The van der Waals surface area contributed by atoms with Crippen LogP contribution in [0.15, 0.2) is 11.3 Å². The summed E-state index contributed by atoms with van der Waals surface area (Å²) in [5, 5.41) is 35.6. The Balaban J connectivity index is 1.88. The molecule has 2 saturated carbocycles. The minimum absolute atomic E-state index is 0.148. The highest BCUT2D eigenvalue weighted by molar-refractivity contribution is 6.08. The average molecular weight is 527 g/mol. The van der Waals surface area contributed by atoms with Crippen LogP contribution in [-0.4, -0.2) is 82.4 Å². The molecule has 0 amide bonds. The maximum absolute atomic E-state index is 13.6. The molecule has 1 heterocycles. The van der Waals surface area contributed by atoms with E-state index in [1.807, 2.05) is 20.8 Å². The maximum Gasteiger partial charge on any atom is 0.307 e. The van der Waals surface area contributed by atoms with Crippen LogP contribution in [0.4, 0.5) is 0 Å².